The summed E-state index contributed by atoms with van der Waals surface area (Å²) in [5.74, 6) is 1.32. The molecular weight excluding hydrogens is 274 g/mol. The Bertz CT molecular complexity index is 612. The number of aromatic nitrogens is 2. The number of hydrogen-bond acceptors (Lipinski definition) is 6. The second-order valence-electron chi connectivity index (χ2n) is 4.51. The van der Waals surface area contributed by atoms with Crippen LogP contribution in [0.3, 0.4) is 0 Å². The molecule has 6 heteroatoms. The first-order valence-electron chi connectivity index (χ1n) is 6.43. The average molecular weight is 287 g/mol. The maximum Gasteiger partial charge on any atom is 0.276 e. The lowest BCUT2D eigenvalue weighted by Crippen LogP contribution is -2.07. The van der Waals surface area contributed by atoms with E-state index in [9.17, 15) is 0 Å². The molecule has 1 unspecified atom stereocenters. The van der Waals surface area contributed by atoms with Crippen LogP contribution < -0.4 is 0 Å². The minimum absolute atomic E-state index is 0.297. The van der Waals surface area contributed by atoms with Crippen LogP contribution in [-0.4, -0.2) is 28.7 Å². The molecule has 0 spiro atoms. The van der Waals surface area contributed by atoms with Gasteiger partial charge in [-0.15, -0.1) is 10.2 Å². The lowest BCUT2D eigenvalue weighted by atomic mass is 10.1. The molecule has 1 aromatic carbocycles. The first-order valence-corrected chi connectivity index (χ1v) is 7.42. The third-order valence-corrected chi connectivity index (χ3v) is 4.03. The highest BCUT2D eigenvalue weighted by molar-refractivity contribution is 7.99. The van der Waals surface area contributed by atoms with Crippen LogP contribution in [0.2, 0.25) is 0 Å². The molecule has 0 aliphatic carbocycles. The molecule has 0 bridgehead atoms. The maximum atomic E-state index is 8.76. The molecule has 1 aromatic heterocycles. The van der Waals surface area contributed by atoms with Crippen molar-refractivity contribution in [3.8, 4) is 17.5 Å². The zero-order valence-electron chi connectivity index (χ0n) is 10.8. The number of nitriles is 1. The molecule has 1 saturated heterocycles. The van der Waals surface area contributed by atoms with Gasteiger partial charge in [0.05, 0.1) is 17.7 Å². The van der Waals surface area contributed by atoms with Crippen molar-refractivity contribution in [3.63, 3.8) is 0 Å². The summed E-state index contributed by atoms with van der Waals surface area (Å²) >= 11 is 1.52. The fourth-order valence-electron chi connectivity index (χ4n) is 2.01. The number of rotatable bonds is 4. The zero-order valence-corrected chi connectivity index (χ0v) is 11.6. The third kappa shape index (κ3) is 3.00. The van der Waals surface area contributed by atoms with Gasteiger partial charge in [0.15, 0.2) is 0 Å². The van der Waals surface area contributed by atoms with Crippen LogP contribution in [0.4, 0.5) is 0 Å². The summed E-state index contributed by atoms with van der Waals surface area (Å²) in [4.78, 5) is 0. The quantitative estimate of drug-likeness (QED) is 0.805. The Kier molecular flexibility index (Phi) is 4.00. The van der Waals surface area contributed by atoms with Gasteiger partial charge in [0.1, 0.15) is 0 Å². The van der Waals surface area contributed by atoms with Crippen LogP contribution in [0.1, 0.15) is 18.4 Å². The Hall–Kier alpha value is -1.84. The predicted octanol–water partition coefficient (Wildman–Crippen LogP) is 2.88. The highest BCUT2D eigenvalue weighted by Gasteiger charge is 2.17. The normalized spacial score (nSPS) is 18.1. The van der Waals surface area contributed by atoms with E-state index in [1.807, 2.05) is 0 Å². The van der Waals surface area contributed by atoms with Crippen LogP contribution in [0, 0.1) is 11.3 Å². The molecule has 1 atom stereocenters. The summed E-state index contributed by atoms with van der Waals surface area (Å²) in [6.45, 7) is 0.853. The van der Waals surface area contributed by atoms with Crippen LogP contribution >= 0.6 is 11.8 Å². The molecular formula is C14H13N3O2S. The lowest BCUT2D eigenvalue weighted by molar-refractivity contribution is 0.128. The maximum absolute atomic E-state index is 8.76. The molecule has 0 amide bonds. The fourth-order valence-corrected chi connectivity index (χ4v) is 2.84. The van der Waals surface area contributed by atoms with Crippen LogP contribution in [0.5, 0.6) is 0 Å². The number of nitrogens with zero attached hydrogens (tertiary/aromatic N) is 3. The Morgan fingerprint density at radius 2 is 2.15 bits per heavy atom. The molecule has 1 fully saturated rings. The number of benzene rings is 1. The van der Waals surface area contributed by atoms with Gasteiger partial charge in [-0.2, -0.15) is 5.26 Å². The van der Waals surface area contributed by atoms with E-state index in [0.717, 1.165) is 30.8 Å². The molecule has 0 radical (unpaired) electrons. The SMILES string of the molecule is N#Cc1ccc(-c2nnc(SCC3CCCO3)o2)cc1. The van der Waals surface area contributed by atoms with Crippen molar-refractivity contribution in [2.24, 2.45) is 0 Å². The predicted molar refractivity (Wildman–Crippen MR) is 74.1 cm³/mol. The van der Waals surface area contributed by atoms with Gasteiger partial charge < -0.3 is 9.15 Å². The van der Waals surface area contributed by atoms with Crippen molar-refractivity contribution in [1.82, 2.24) is 10.2 Å². The van der Waals surface area contributed by atoms with Crippen molar-refractivity contribution in [1.29, 1.82) is 5.26 Å². The molecule has 1 aliphatic heterocycles. The molecule has 5 nitrogen and oxygen atoms in total. The van der Waals surface area contributed by atoms with Crippen molar-refractivity contribution in [2.75, 3.05) is 12.4 Å². The summed E-state index contributed by atoms with van der Waals surface area (Å²) in [5, 5.41) is 17.4. The van der Waals surface area contributed by atoms with Gasteiger partial charge in [-0.25, -0.2) is 0 Å². The lowest BCUT2D eigenvalue weighted by Gasteiger charge is -2.05. The molecule has 0 N–H and O–H groups in total. The van der Waals surface area contributed by atoms with E-state index < -0.39 is 0 Å². The van der Waals surface area contributed by atoms with Gasteiger partial charge in [-0.1, -0.05) is 11.8 Å². The minimum atomic E-state index is 0.297. The zero-order chi connectivity index (χ0) is 13.8. The van der Waals surface area contributed by atoms with Crippen LogP contribution in [0.15, 0.2) is 33.9 Å². The van der Waals surface area contributed by atoms with Crippen molar-refractivity contribution < 1.29 is 9.15 Å². The summed E-state index contributed by atoms with van der Waals surface area (Å²) in [6.07, 6.45) is 2.53. The van der Waals surface area contributed by atoms with Gasteiger partial charge in [-0.3, -0.25) is 0 Å². The highest BCUT2D eigenvalue weighted by atomic mass is 32.2. The van der Waals surface area contributed by atoms with E-state index in [0.29, 0.717) is 22.8 Å². The standard InChI is InChI=1S/C14H13N3O2S/c15-8-10-3-5-11(6-4-10)13-16-17-14(19-13)20-9-12-2-1-7-18-12/h3-6,12H,1-2,7,9H2. The topological polar surface area (TPSA) is 71.9 Å². The molecule has 0 saturated carbocycles. The minimum Gasteiger partial charge on any atom is -0.411 e. The molecule has 2 aromatic rings. The molecule has 3 rings (SSSR count). The second kappa shape index (κ2) is 6.07. The van der Waals surface area contributed by atoms with Gasteiger partial charge >= 0.3 is 0 Å². The fraction of sp³-hybridized carbons (Fsp3) is 0.357. The van der Waals surface area contributed by atoms with Gasteiger partial charge in [0.2, 0.25) is 5.89 Å². The van der Waals surface area contributed by atoms with E-state index in [4.69, 9.17) is 14.4 Å². The average Bonchev–Trinajstić information content (AvgIpc) is 3.17. The summed E-state index contributed by atoms with van der Waals surface area (Å²) in [5.41, 5.74) is 1.43. The Morgan fingerprint density at radius 1 is 1.30 bits per heavy atom. The van der Waals surface area contributed by atoms with E-state index in [-0.39, 0.29) is 0 Å². The van der Waals surface area contributed by atoms with Gasteiger partial charge in [-0.05, 0) is 37.1 Å². The van der Waals surface area contributed by atoms with Gasteiger partial charge in [0.25, 0.3) is 5.22 Å². The number of hydrogen-bond donors (Lipinski definition) is 0. The highest BCUT2D eigenvalue weighted by Crippen LogP contribution is 2.26. The molecule has 20 heavy (non-hydrogen) atoms. The van der Waals surface area contributed by atoms with Crippen molar-refractivity contribution in [2.45, 2.75) is 24.2 Å². The number of thioether (sulfide) groups is 1. The molecule has 2 heterocycles. The van der Waals surface area contributed by atoms with Crippen LogP contribution in [-0.2, 0) is 4.74 Å². The van der Waals surface area contributed by atoms with E-state index >= 15 is 0 Å². The van der Waals surface area contributed by atoms with E-state index in [1.54, 1.807) is 24.3 Å². The van der Waals surface area contributed by atoms with E-state index in [1.165, 1.54) is 11.8 Å². The smallest absolute Gasteiger partial charge is 0.276 e. The largest absolute Gasteiger partial charge is 0.411 e. The van der Waals surface area contributed by atoms with Gasteiger partial charge in [0, 0.05) is 17.9 Å². The summed E-state index contributed by atoms with van der Waals surface area (Å²) in [7, 11) is 0. The van der Waals surface area contributed by atoms with E-state index in [2.05, 4.69) is 16.3 Å². The Balaban J connectivity index is 1.64. The summed E-state index contributed by atoms with van der Waals surface area (Å²) in [6, 6.07) is 9.16. The molecule has 1 aliphatic rings. The van der Waals surface area contributed by atoms with Crippen molar-refractivity contribution >= 4 is 11.8 Å². The van der Waals surface area contributed by atoms with Crippen molar-refractivity contribution in [3.05, 3.63) is 29.8 Å². The monoisotopic (exact) mass is 287 g/mol. The third-order valence-electron chi connectivity index (χ3n) is 3.08. The Morgan fingerprint density at radius 3 is 2.85 bits per heavy atom. The summed E-state index contributed by atoms with van der Waals surface area (Å²) < 4.78 is 11.2. The molecule has 102 valence electrons. The first-order chi connectivity index (χ1) is 9.85. The number of ether oxygens (including phenoxy) is 1. The second-order valence-corrected chi connectivity index (χ2v) is 5.48. The Labute approximate surface area is 121 Å². The van der Waals surface area contributed by atoms with Crippen LogP contribution in [0.25, 0.3) is 11.5 Å². The first kappa shape index (κ1) is 13.2.